The van der Waals surface area contributed by atoms with E-state index in [2.05, 4.69) is 44.0 Å². The summed E-state index contributed by atoms with van der Waals surface area (Å²) in [5.41, 5.74) is 4.37. The second kappa shape index (κ2) is 11.7. The van der Waals surface area contributed by atoms with Crippen molar-refractivity contribution in [3.63, 3.8) is 0 Å². The summed E-state index contributed by atoms with van der Waals surface area (Å²) in [5.74, 6) is 1.22. The lowest BCUT2D eigenvalue weighted by Crippen LogP contribution is -2.36. The van der Waals surface area contributed by atoms with Crippen molar-refractivity contribution >= 4 is 33.5 Å². The summed E-state index contributed by atoms with van der Waals surface area (Å²) < 4.78 is 18.1. The Hall–Kier alpha value is -3.34. The first-order valence-electron chi connectivity index (χ1n) is 11.2. The molecule has 0 bridgehead atoms. The van der Waals surface area contributed by atoms with Crippen LogP contribution in [0, 0.1) is 11.3 Å². The van der Waals surface area contributed by atoms with Gasteiger partial charge in [0.25, 0.3) is 0 Å². The summed E-state index contributed by atoms with van der Waals surface area (Å²) in [6.07, 6.45) is 1.81. The molecule has 1 saturated heterocycles. The molecular formula is C27H26BrN3O3. The van der Waals surface area contributed by atoms with E-state index in [1.165, 1.54) is 5.69 Å². The molecule has 1 fully saturated rings. The van der Waals surface area contributed by atoms with Gasteiger partial charge in [-0.2, -0.15) is 5.26 Å². The fraction of sp³-hybridized carbons (Fsp3) is 0.259. The Morgan fingerprint density at radius 2 is 1.85 bits per heavy atom. The van der Waals surface area contributed by atoms with E-state index in [4.69, 9.17) is 14.2 Å². The van der Waals surface area contributed by atoms with Gasteiger partial charge < -0.3 is 19.1 Å². The Morgan fingerprint density at radius 3 is 2.59 bits per heavy atom. The van der Waals surface area contributed by atoms with Crippen LogP contribution in [0.25, 0.3) is 0 Å². The first-order valence-corrected chi connectivity index (χ1v) is 12.0. The number of hydrogen-bond donors (Lipinski definition) is 0. The molecule has 0 aromatic heterocycles. The van der Waals surface area contributed by atoms with Gasteiger partial charge in [-0.05, 0) is 70.9 Å². The Balaban J connectivity index is 1.49. The van der Waals surface area contributed by atoms with Crippen molar-refractivity contribution in [3.05, 3.63) is 81.8 Å². The van der Waals surface area contributed by atoms with Gasteiger partial charge in [0.15, 0.2) is 11.5 Å². The van der Waals surface area contributed by atoms with Gasteiger partial charge in [0, 0.05) is 30.6 Å². The largest absolute Gasteiger partial charge is 0.490 e. The smallest absolute Gasteiger partial charge is 0.175 e. The van der Waals surface area contributed by atoms with Crippen LogP contribution in [0.3, 0.4) is 0 Å². The summed E-state index contributed by atoms with van der Waals surface area (Å²) in [6.45, 7) is 6.05. The Bertz CT molecular complexity index is 1180. The molecule has 3 aromatic rings. The molecule has 4 rings (SSSR count). The number of aliphatic imine (C=N–C) groups is 1. The minimum atomic E-state index is 0.269. The maximum atomic E-state index is 9.32. The molecule has 1 aliphatic rings. The predicted molar refractivity (Wildman–Crippen MR) is 138 cm³/mol. The highest BCUT2D eigenvalue weighted by Crippen LogP contribution is 2.37. The maximum absolute atomic E-state index is 9.32. The van der Waals surface area contributed by atoms with Crippen LogP contribution in [0.5, 0.6) is 11.5 Å². The molecule has 0 spiro atoms. The van der Waals surface area contributed by atoms with Crippen LogP contribution < -0.4 is 14.4 Å². The van der Waals surface area contributed by atoms with Crippen LogP contribution in [0.15, 0.2) is 70.1 Å². The number of hydrogen-bond acceptors (Lipinski definition) is 6. The number of halogens is 1. The third-order valence-electron chi connectivity index (χ3n) is 5.43. The molecule has 3 aromatic carbocycles. The van der Waals surface area contributed by atoms with E-state index >= 15 is 0 Å². The minimum absolute atomic E-state index is 0.269. The van der Waals surface area contributed by atoms with Gasteiger partial charge in [0.2, 0.25) is 0 Å². The highest BCUT2D eigenvalue weighted by atomic mass is 79.9. The topological polar surface area (TPSA) is 67.1 Å². The van der Waals surface area contributed by atoms with E-state index in [0.717, 1.165) is 47.6 Å². The highest BCUT2D eigenvalue weighted by molar-refractivity contribution is 9.10. The molecule has 174 valence electrons. The Morgan fingerprint density at radius 1 is 1.09 bits per heavy atom. The number of benzene rings is 3. The first-order chi connectivity index (χ1) is 16.7. The van der Waals surface area contributed by atoms with Crippen LogP contribution in [0.1, 0.15) is 23.6 Å². The van der Waals surface area contributed by atoms with Gasteiger partial charge in [-0.3, -0.25) is 4.99 Å². The zero-order valence-corrected chi connectivity index (χ0v) is 20.6. The van der Waals surface area contributed by atoms with Crippen LogP contribution in [0.4, 0.5) is 11.4 Å². The van der Waals surface area contributed by atoms with Crippen molar-refractivity contribution in [2.45, 2.75) is 13.5 Å². The summed E-state index contributed by atoms with van der Waals surface area (Å²) in [5, 5.41) is 9.32. The highest BCUT2D eigenvalue weighted by Gasteiger charge is 2.14. The van der Waals surface area contributed by atoms with Gasteiger partial charge in [-0.1, -0.05) is 18.2 Å². The molecule has 6 nitrogen and oxygen atoms in total. The average molecular weight is 520 g/mol. The predicted octanol–water partition coefficient (Wildman–Crippen LogP) is 5.89. The Kier molecular flexibility index (Phi) is 8.18. The lowest BCUT2D eigenvalue weighted by Gasteiger charge is -2.28. The molecule has 0 amide bonds. The van der Waals surface area contributed by atoms with Gasteiger partial charge in [0.1, 0.15) is 6.61 Å². The molecular weight excluding hydrogens is 494 g/mol. The quantitative estimate of drug-likeness (QED) is 0.347. The van der Waals surface area contributed by atoms with Crippen molar-refractivity contribution in [1.29, 1.82) is 5.26 Å². The molecule has 1 heterocycles. The maximum Gasteiger partial charge on any atom is 0.175 e. The molecule has 1 aliphatic heterocycles. The van der Waals surface area contributed by atoms with Gasteiger partial charge in [0.05, 0.1) is 41.6 Å². The van der Waals surface area contributed by atoms with Gasteiger partial charge >= 0.3 is 0 Å². The normalized spacial score (nSPS) is 13.6. The second-order valence-electron chi connectivity index (χ2n) is 7.69. The standard InChI is InChI=1S/C27H26BrN3O3/c1-2-33-26-16-20(15-25(28)27(26)34-19-22-6-4-3-5-21(22)17-29)18-30-23-7-9-24(10-8-23)31-11-13-32-14-12-31/h3-10,15-16,18H,2,11-14,19H2,1H3. The number of nitrogens with zero attached hydrogens (tertiary/aromatic N) is 3. The van der Waals surface area contributed by atoms with Crippen LogP contribution >= 0.6 is 15.9 Å². The van der Waals surface area contributed by atoms with Crippen molar-refractivity contribution in [1.82, 2.24) is 0 Å². The van der Waals surface area contributed by atoms with Gasteiger partial charge in [-0.15, -0.1) is 0 Å². The summed E-state index contributed by atoms with van der Waals surface area (Å²) >= 11 is 3.61. The van der Waals surface area contributed by atoms with E-state index in [9.17, 15) is 5.26 Å². The molecule has 0 unspecified atom stereocenters. The zero-order chi connectivity index (χ0) is 23.8. The summed E-state index contributed by atoms with van der Waals surface area (Å²) in [6, 6.07) is 21.7. The Labute approximate surface area is 208 Å². The van der Waals surface area contributed by atoms with E-state index < -0.39 is 0 Å². The van der Waals surface area contributed by atoms with Gasteiger partial charge in [-0.25, -0.2) is 0 Å². The van der Waals surface area contributed by atoms with Crippen LogP contribution in [0.2, 0.25) is 0 Å². The molecule has 0 radical (unpaired) electrons. The summed E-state index contributed by atoms with van der Waals surface area (Å²) in [7, 11) is 0. The third kappa shape index (κ3) is 5.96. The zero-order valence-electron chi connectivity index (χ0n) is 19.0. The number of ether oxygens (including phenoxy) is 3. The van der Waals surface area contributed by atoms with Crippen molar-refractivity contribution in [3.8, 4) is 17.6 Å². The number of nitriles is 1. The van der Waals surface area contributed by atoms with Crippen molar-refractivity contribution < 1.29 is 14.2 Å². The van der Waals surface area contributed by atoms with E-state index in [1.807, 2.05) is 55.6 Å². The second-order valence-corrected chi connectivity index (χ2v) is 8.55. The van der Waals surface area contributed by atoms with Crippen molar-refractivity contribution in [2.75, 3.05) is 37.8 Å². The summed E-state index contributed by atoms with van der Waals surface area (Å²) in [4.78, 5) is 6.95. The average Bonchev–Trinajstić information content (AvgIpc) is 2.88. The molecule has 0 saturated carbocycles. The van der Waals surface area contributed by atoms with Crippen LogP contribution in [-0.4, -0.2) is 39.1 Å². The van der Waals surface area contributed by atoms with Crippen molar-refractivity contribution in [2.24, 2.45) is 4.99 Å². The fourth-order valence-corrected chi connectivity index (χ4v) is 4.26. The third-order valence-corrected chi connectivity index (χ3v) is 6.02. The first kappa shape index (κ1) is 23.8. The number of rotatable bonds is 8. The van der Waals surface area contributed by atoms with Crippen LogP contribution in [-0.2, 0) is 11.3 Å². The monoisotopic (exact) mass is 519 g/mol. The molecule has 7 heteroatoms. The lowest BCUT2D eigenvalue weighted by molar-refractivity contribution is 0.122. The number of morpholine rings is 1. The molecule has 0 atom stereocenters. The molecule has 34 heavy (non-hydrogen) atoms. The van der Waals surface area contributed by atoms with E-state index in [0.29, 0.717) is 23.7 Å². The van der Waals surface area contributed by atoms with E-state index in [-0.39, 0.29) is 6.61 Å². The number of anilines is 1. The molecule has 0 aliphatic carbocycles. The lowest BCUT2D eigenvalue weighted by atomic mass is 10.1. The SMILES string of the molecule is CCOc1cc(C=Nc2ccc(N3CCOCC3)cc2)cc(Br)c1OCc1ccccc1C#N. The van der Waals surface area contributed by atoms with E-state index in [1.54, 1.807) is 6.07 Å². The minimum Gasteiger partial charge on any atom is -0.490 e. The molecule has 0 N–H and O–H groups in total. The fourth-order valence-electron chi connectivity index (χ4n) is 3.69.